The molecule has 0 radical (unpaired) electrons. The number of carbonyl (C=O) groups is 1. The van der Waals surface area contributed by atoms with Gasteiger partial charge in [-0.2, -0.15) is 0 Å². The molecule has 0 saturated carbocycles. The van der Waals surface area contributed by atoms with Crippen molar-refractivity contribution in [1.29, 1.82) is 0 Å². The second-order valence-corrected chi connectivity index (χ2v) is 5.90. The van der Waals surface area contributed by atoms with Crippen LogP contribution < -0.4 is 4.90 Å². The van der Waals surface area contributed by atoms with Gasteiger partial charge < -0.3 is 10.0 Å². The second-order valence-electron chi connectivity index (χ2n) is 4.99. The van der Waals surface area contributed by atoms with Crippen LogP contribution in [-0.4, -0.2) is 28.6 Å². The van der Waals surface area contributed by atoms with Crippen LogP contribution in [0.2, 0.25) is 0 Å². The summed E-state index contributed by atoms with van der Waals surface area (Å²) in [6.07, 6.45) is 1.65. The Morgan fingerprint density at radius 3 is 2.85 bits per heavy atom. The van der Waals surface area contributed by atoms with Gasteiger partial charge in [-0.1, -0.05) is 22.9 Å². The molecule has 0 spiro atoms. The number of nitro groups is 1. The van der Waals surface area contributed by atoms with Gasteiger partial charge in [0, 0.05) is 17.1 Å². The lowest BCUT2D eigenvalue weighted by Gasteiger charge is -2.38. The van der Waals surface area contributed by atoms with Crippen LogP contribution in [0.1, 0.15) is 19.8 Å². The standard InChI is InChI=1S/C13H15BrN2O4/c1-8-3-2-6-15(12(8)13(17)18)10-5-4-9(14)7-11(10)16(19)20/h4-5,7-8,12H,2-3,6H2,1H3,(H,17,18). The molecule has 1 heterocycles. The van der Waals surface area contributed by atoms with E-state index in [1.165, 1.54) is 6.07 Å². The summed E-state index contributed by atoms with van der Waals surface area (Å²) in [4.78, 5) is 23.8. The number of anilines is 1. The highest BCUT2D eigenvalue weighted by Gasteiger charge is 2.37. The maximum atomic E-state index is 11.5. The topological polar surface area (TPSA) is 83.7 Å². The molecule has 0 bridgehead atoms. The van der Waals surface area contributed by atoms with E-state index in [0.717, 1.165) is 12.8 Å². The highest BCUT2D eigenvalue weighted by Crippen LogP contribution is 2.36. The number of piperidine rings is 1. The SMILES string of the molecule is CC1CCCN(c2ccc(Br)cc2[N+](=O)[O-])C1C(=O)O. The monoisotopic (exact) mass is 342 g/mol. The second kappa shape index (κ2) is 5.78. The quantitative estimate of drug-likeness (QED) is 0.674. The predicted octanol–water partition coefficient (Wildman–Crippen LogP) is 3.05. The average Bonchev–Trinajstić information content (AvgIpc) is 2.37. The fourth-order valence-corrected chi connectivity index (χ4v) is 3.07. The Kier molecular flexibility index (Phi) is 4.27. The van der Waals surface area contributed by atoms with Crippen LogP contribution in [0.15, 0.2) is 22.7 Å². The molecule has 0 aliphatic carbocycles. The van der Waals surface area contributed by atoms with Crippen molar-refractivity contribution in [3.05, 3.63) is 32.8 Å². The van der Waals surface area contributed by atoms with Crippen LogP contribution >= 0.6 is 15.9 Å². The highest BCUT2D eigenvalue weighted by atomic mass is 79.9. The molecular formula is C13H15BrN2O4. The van der Waals surface area contributed by atoms with E-state index in [2.05, 4.69) is 15.9 Å². The molecule has 0 amide bonds. The third kappa shape index (κ3) is 2.77. The minimum absolute atomic E-state index is 0.0375. The van der Waals surface area contributed by atoms with Crippen LogP contribution in [0.25, 0.3) is 0 Å². The van der Waals surface area contributed by atoms with Gasteiger partial charge in [0.15, 0.2) is 0 Å². The summed E-state index contributed by atoms with van der Waals surface area (Å²) in [5.74, 6) is -0.973. The van der Waals surface area contributed by atoms with E-state index < -0.39 is 16.9 Å². The van der Waals surface area contributed by atoms with Crippen molar-refractivity contribution in [1.82, 2.24) is 0 Å². The number of nitrogens with zero attached hydrogens (tertiary/aromatic N) is 2. The molecule has 2 atom stereocenters. The number of hydrogen-bond acceptors (Lipinski definition) is 4. The van der Waals surface area contributed by atoms with Crippen LogP contribution in [0, 0.1) is 16.0 Å². The zero-order chi connectivity index (χ0) is 14.9. The van der Waals surface area contributed by atoms with Gasteiger partial charge in [-0.05, 0) is 30.9 Å². The van der Waals surface area contributed by atoms with E-state index in [4.69, 9.17) is 0 Å². The molecule has 1 N–H and O–H groups in total. The van der Waals surface area contributed by atoms with E-state index in [1.807, 2.05) is 6.92 Å². The molecule has 2 unspecified atom stereocenters. The Hall–Kier alpha value is -1.63. The van der Waals surface area contributed by atoms with Crippen molar-refractivity contribution in [3.63, 3.8) is 0 Å². The minimum Gasteiger partial charge on any atom is -0.480 e. The van der Waals surface area contributed by atoms with Crippen LogP contribution in [-0.2, 0) is 4.79 Å². The molecule has 2 rings (SSSR count). The van der Waals surface area contributed by atoms with E-state index in [-0.39, 0.29) is 11.6 Å². The predicted molar refractivity (Wildman–Crippen MR) is 78.0 cm³/mol. The van der Waals surface area contributed by atoms with Crippen molar-refractivity contribution < 1.29 is 14.8 Å². The summed E-state index contributed by atoms with van der Waals surface area (Å²) in [5.41, 5.74) is 0.303. The molecule has 1 aliphatic heterocycles. The number of hydrogen-bond donors (Lipinski definition) is 1. The first-order chi connectivity index (χ1) is 9.41. The van der Waals surface area contributed by atoms with Crippen molar-refractivity contribution in [2.45, 2.75) is 25.8 Å². The Morgan fingerprint density at radius 1 is 1.55 bits per heavy atom. The summed E-state index contributed by atoms with van der Waals surface area (Å²) in [5, 5.41) is 20.6. The van der Waals surface area contributed by atoms with Gasteiger partial charge >= 0.3 is 5.97 Å². The molecule has 1 saturated heterocycles. The molecule has 1 aliphatic rings. The normalized spacial score (nSPS) is 22.6. The van der Waals surface area contributed by atoms with Gasteiger partial charge in [-0.15, -0.1) is 0 Å². The Labute approximate surface area is 124 Å². The Bertz CT molecular complexity index is 549. The first-order valence-corrected chi connectivity index (χ1v) is 7.14. The molecule has 7 heteroatoms. The first kappa shape index (κ1) is 14.8. The smallest absolute Gasteiger partial charge is 0.326 e. The first-order valence-electron chi connectivity index (χ1n) is 6.35. The summed E-state index contributed by atoms with van der Waals surface area (Å²) in [7, 11) is 0. The van der Waals surface area contributed by atoms with Crippen LogP contribution in [0.5, 0.6) is 0 Å². The van der Waals surface area contributed by atoms with Crippen molar-refractivity contribution in [2.24, 2.45) is 5.92 Å². The van der Waals surface area contributed by atoms with E-state index in [0.29, 0.717) is 16.7 Å². The molecule has 6 nitrogen and oxygen atoms in total. The number of rotatable bonds is 3. The Morgan fingerprint density at radius 2 is 2.25 bits per heavy atom. The van der Waals surface area contributed by atoms with E-state index in [9.17, 15) is 20.0 Å². The van der Waals surface area contributed by atoms with Gasteiger partial charge in [0.2, 0.25) is 0 Å². The largest absolute Gasteiger partial charge is 0.480 e. The number of benzene rings is 1. The van der Waals surface area contributed by atoms with Gasteiger partial charge in [0.1, 0.15) is 11.7 Å². The lowest BCUT2D eigenvalue weighted by atomic mass is 9.90. The average molecular weight is 343 g/mol. The molecule has 108 valence electrons. The minimum atomic E-state index is -0.936. The van der Waals surface area contributed by atoms with Crippen LogP contribution in [0.4, 0.5) is 11.4 Å². The highest BCUT2D eigenvalue weighted by molar-refractivity contribution is 9.10. The molecule has 0 aromatic heterocycles. The fourth-order valence-electron chi connectivity index (χ4n) is 2.72. The van der Waals surface area contributed by atoms with E-state index >= 15 is 0 Å². The van der Waals surface area contributed by atoms with Gasteiger partial charge in [-0.3, -0.25) is 10.1 Å². The van der Waals surface area contributed by atoms with Crippen molar-refractivity contribution >= 4 is 33.3 Å². The number of nitro benzene ring substituents is 1. The molecule has 20 heavy (non-hydrogen) atoms. The zero-order valence-electron chi connectivity index (χ0n) is 11.0. The molecule has 1 aromatic carbocycles. The Balaban J connectivity index is 2.48. The summed E-state index contributed by atoms with van der Waals surface area (Å²) >= 11 is 3.21. The summed E-state index contributed by atoms with van der Waals surface area (Å²) in [6.45, 7) is 2.39. The molecule has 1 fully saturated rings. The number of carboxylic acid groups (broad SMARTS) is 1. The summed E-state index contributed by atoms with van der Waals surface area (Å²) in [6, 6.07) is 3.99. The number of carboxylic acids is 1. The van der Waals surface area contributed by atoms with Crippen molar-refractivity contribution in [3.8, 4) is 0 Å². The summed E-state index contributed by atoms with van der Waals surface area (Å²) < 4.78 is 0.602. The van der Waals surface area contributed by atoms with Crippen molar-refractivity contribution in [2.75, 3.05) is 11.4 Å². The number of halogens is 1. The maximum absolute atomic E-state index is 11.5. The fraction of sp³-hybridized carbons (Fsp3) is 0.462. The lowest BCUT2D eigenvalue weighted by molar-refractivity contribution is -0.384. The third-order valence-corrected chi connectivity index (χ3v) is 4.12. The van der Waals surface area contributed by atoms with E-state index in [1.54, 1.807) is 17.0 Å². The molecular weight excluding hydrogens is 328 g/mol. The molecule has 1 aromatic rings. The van der Waals surface area contributed by atoms with Crippen LogP contribution in [0.3, 0.4) is 0 Å². The zero-order valence-corrected chi connectivity index (χ0v) is 12.5. The maximum Gasteiger partial charge on any atom is 0.326 e. The lowest BCUT2D eigenvalue weighted by Crippen LogP contribution is -2.49. The van der Waals surface area contributed by atoms with Gasteiger partial charge in [0.05, 0.1) is 4.92 Å². The van der Waals surface area contributed by atoms with Gasteiger partial charge in [0.25, 0.3) is 5.69 Å². The van der Waals surface area contributed by atoms with Gasteiger partial charge in [-0.25, -0.2) is 4.79 Å². The number of aliphatic carboxylic acids is 1. The third-order valence-electron chi connectivity index (χ3n) is 3.63.